The molecule has 132 valence electrons. The Morgan fingerprint density at radius 2 is 1.75 bits per heavy atom. The lowest BCUT2D eigenvalue weighted by atomic mass is 10.0. The van der Waals surface area contributed by atoms with E-state index >= 15 is 0 Å². The molecule has 0 bridgehead atoms. The fourth-order valence-electron chi connectivity index (χ4n) is 3.06. The minimum Gasteiger partial charge on any atom is -0.344 e. The fraction of sp³-hybridized carbons (Fsp3) is 0.579. The summed E-state index contributed by atoms with van der Waals surface area (Å²) in [5, 5.41) is 3.60. The molecular weight excluding hydrogens is 324 g/mol. The molecule has 24 heavy (non-hydrogen) atoms. The largest absolute Gasteiger partial charge is 0.344 e. The minimum absolute atomic E-state index is 0.0628. The van der Waals surface area contributed by atoms with Crippen LogP contribution >= 0.6 is 11.6 Å². The normalized spacial score (nSPS) is 16.1. The highest BCUT2D eigenvalue weighted by Gasteiger charge is 2.27. The van der Waals surface area contributed by atoms with E-state index in [1.807, 2.05) is 17.0 Å². The maximum atomic E-state index is 12.8. The average Bonchev–Trinajstić information content (AvgIpc) is 2.56. The summed E-state index contributed by atoms with van der Waals surface area (Å²) in [6.45, 7) is 5.75. The maximum absolute atomic E-state index is 12.8. The van der Waals surface area contributed by atoms with Crippen molar-refractivity contribution in [3.05, 3.63) is 34.9 Å². The van der Waals surface area contributed by atoms with Gasteiger partial charge in [0, 0.05) is 18.1 Å². The molecule has 1 fully saturated rings. The van der Waals surface area contributed by atoms with Crippen molar-refractivity contribution in [1.29, 1.82) is 0 Å². The summed E-state index contributed by atoms with van der Waals surface area (Å²) in [5.74, 6) is 0.292. The highest BCUT2D eigenvalue weighted by molar-refractivity contribution is 6.30. The van der Waals surface area contributed by atoms with E-state index in [-0.39, 0.29) is 18.2 Å². The van der Waals surface area contributed by atoms with Gasteiger partial charge in [0.05, 0.1) is 6.42 Å². The molecule has 1 aliphatic rings. The van der Waals surface area contributed by atoms with Gasteiger partial charge in [-0.25, -0.2) is 0 Å². The Balaban J connectivity index is 1.97. The van der Waals surface area contributed by atoms with Gasteiger partial charge >= 0.3 is 0 Å². The zero-order valence-corrected chi connectivity index (χ0v) is 15.3. The van der Waals surface area contributed by atoms with E-state index < -0.39 is 6.04 Å². The van der Waals surface area contributed by atoms with Gasteiger partial charge in [-0.15, -0.1) is 0 Å². The number of likely N-dealkylation sites (tertiary alicyclic amines) is 1. The minimum atomic E-state index is -0.428. The van der Waals surface area contributed by atoms with Crippen LogP contribution in [0.4, 0.5) is 0 Å². The van der Waals surface area contributed by atoms with E-state index in [0.717, 1.165) is 31.5 Å². The van der Waals surface area contributed by atoms with Crippen LogP contribution < -0.4 is 5.32 Å². The van der Waals surface area contributed by atoms with Crippen molar-refractivity contribution in [2.24, 2.45) is 5.92 Å². The van der Waals surface area contributed by atoms with E-state index in [4.69, 9.17) is 11.6 Å². The number of piperidine rings is 1. The number of nitrogens with one attached hydrogen (secondary N) is 1. The van der Waals surface area contributed by atoms with Gasteiger partial charge in [-0.05, 0) is 49.3 Å². The average molecular weight is 351 g/mol. The Morgan fingerprint density at radius 3 is 2.33 bits per heavy atom. The lowest BCUT2D eigenvalue weighted by Crippen LogP contribution is -2.50. The Bertz CT molecular complexity index is 551. The lowest BCUT2D eigenvalue weighted by molar-refractivity contribution is -0.137. The summed E-state index contributed by atoms with van der Waals surface area (Å²) >= 11 is 5.87. The summed E-state index contributed by atoms with van der Waals surface area (Å²) in [4.78, 5) is 27.0. The standard InChI is InChI=1S/C19H27ClN2O2/c1-14(2)12-17(19(24)22-10-4-3-5-11-22)21-18(23)13-15-6-8-16(20)9-7-15/h6-9,14,17H,3-5,10-13H2,1-2H3,(H,21,23)/t17-/m0/s1. The van der Waals surface area contributed by atoms with Crippen LogP contribution in [0.25, 0.3) is 0 Å². The predicted molar refractivity (Wildman–Crippen MR) is 97.0 cm³/mol. The third-order valence-corrected chi connectivity index (χ3v) is 4.54. The Hall–Kier alpha value is -1.55. The molecule has 0 spiro atoms. The third kappa shape index (κ3) is 5.82. The van der Waals surface area contributed by atoms with Crippen molar-refractivity contribution in [1.82, 2.24) is 10.2 Å². The van der Waals surface area contributed by atoms with E-state index in [1.54, 1.807) is 12.1 Å². The van der Waals surface area contributed by atoms with Gasteiger partial charge in [0.1, 0.15) is 6.04 Å². The number of halogens is 1. The number of carbonyl (C=O) groups excluding carboxylic acids is 2. The molecule has 1 N–H and O–H groups in total. The zero-order valence-electron chi connectivity index (χ0n) is 14.6. The van der Waals surface area contributed by atoms with E-state index in [0.29, 0.717) is 17.4 Å². The summed E-state index contributed by atoms with van der Waals surface area (Å²) < 4.78 is 0. The highest BCUT2D eigenvalue weighted by atomic mass is 35.5. The number of benzene rings is 1. The van der Waals surface area contributed by atoms with Crippen LogP contribution in [0.3, 0.4) is 0 Å². The van der Waals surface area contributed by atoms with Crippen molar-refractivity contribution >= 4 is 23.4 Å². The fourth-order valence-corrected chi connectivity index (χ4v) is 3.19. The van der Waals surface area contributed by atoms with E-state index in [2.05, 4.69) is 19.2 Å². The van der Waals surface area contributed by atoms with Crippen LogP contribution in [0.1, 0.15) is 45.1 Å². The first-order chi connectivity index (χ1) is 11.5. The van der Waals surface area contributed by atoms with Crippen LogP contribution in [0.2, 0.25) is 5.02 Å². The van der Waals surface area contributed by atoms with E-state index in [1.165, 1.54) is 6.42 Å². The topological polar surface area (TPSA) is 49.4 Å². The summed E-state index contributed by atoms with van der Waals surface area (Å²) in [5.41, 5.74) is 0.894. The molecule has 4 nitrogen and oxygen atoms in total. The molecule has 2 rings (SSSR count). The first kappa shape index (κ1) is 18.8. The highest BCUT2D eigenvalue weighted by Crippen LogP contribution is 2.14. The summed E-state index contributed by atoms with van der Waals surface area (Å²) in [6.07, 6.45) is 4.22. The van der Waals surface area contributed by atoms with Crippen molar-refractivity contribution < 1.29 is 9.59 Å². The first-order valence-corrected chi connectivity index (χ1v) is 9.16. The maximum Gasteiger partial charge on any atom is 0.245 e. The second-order valence-corrected chi connectivity index (χ2v) is 7.38. The molecule has 1 aromatic rings. The number of amides is 2. The van der Waals surface area contributed by atoms with Crippen LogP contribution in [-0.4, -0.2) is 35.8 Å². The number of rotatable bonds is 6. The molecule has 0 saturated carbocycles. The van der Waals surface area contributed by atoms with Gasteiger partial charge in [0.25, 0.3) is 0 Å². The molecule has 0 aliphatic carbocycles. The second-order valence-electron chi connectivity index (χ2n) is 6.94. The van der Waals surface area contributed by atoms with Crippen LogP contribution in [0, 0.1) is 5.92 Å². The Labute approximate surface area is 149 Å². The van der Waals surface area contributed by atoms with Gasteiger partial charge in [-0.3, -0.25) is 9.59 Å². The molecule has 0 radical (unpaired) electrons. The van der Waals surface area contributed by atoms with Gasteiger partial charge in [0.15, 0.2) is 0 Å². The Morgan fingerprint density at radius 1 is 1.12 bits per heavy atom. The van der Waals surface area contributed by atoms with Crippen molar-refractivity contribution in [2.75, 3.05) is 13.1 Å². The van der Waals surface area contributed by atoms with Gasteiger partial charge in [-0.1, -0.05) is 37.6 Å². The summed E-state index contributed by atoms with van der Waals surface area (Å²) in [7, 11) is 0. The Kier molecular flexibility index (Phi) is 7.10. The molecule has 0 unspecified atom stereocenters. The second kappa shape index (κ2) is 9.07. The molecular formula is C19H27ClN2O2. The van der Waals surface area contributed by atoms with Crippen molar-refractivity contribution in [3.63, 3.8) is 0 Å². The molecule has 0 aromatic heterocycles. The predicted octanol–water partition coefficient (Wildman–Crippen LogP) is 3.43. The number of nitrogens with zero attached hydrogens (tertiary/aromatic N) is 1. The smallest absolute Gasteiger partial charge is 0.245 e. The van der Waals surface area contributed by atoms with Crippen LogP contribution in [0.5, 0.6) is 0 Å². The number of carbonyl (C=O) groups is 2. The quantitative estimate of drug-likeness (QED) is 0.854. The van der Waals surface area contributed by atoms with Gasteiger partial charge < -0.3 is 10.2 Å². The lowest BCUT2D eigenvalue weighted by Gasteiger charge is -2.31. The van der Waals surface area contributed by atoms with Gasteiger partial charge in [-0.2, -0.15) is 0 Å². The van der Waals surface area contributed by atoms with Crippen molar-refractivity contribution in [2.45, 2.75) is 52.0 Å². The van der Waals surface area contributed by atoms with Crippen molar-refractivity contribution in [3.8, 4) is 0 Å². The van der Waals surface area contributed by atoms with E-state index in [9.17, 15) is 9.59 Å². The van der Waals surface area contributed by atoms with Crippen LogP contribution in [0.15, 0.2) is 24.3 Å². The first-order valence-electron chi connectivity index (χ1n) is 8.78. The molecule has 1 heterocycles. The summed E-state index contributed by atoms with van der Waals surface area (Å²) in [6, 6.07) is 6.80. The monoisotopic (exact) mass is 350 g/mol. The molecule has 1 saturated heterocycles. The SMILES string of the molecule is CC(C)C[C@H](NC(=O)Cc1ccc(Cl)cc1)C(=O)N1CCCCC1. The van der Waals surface area contributed by atoms with Crippen LogP contribution in [-0.2, 0) is 16.0 Å². The molecule has 2 amide bonds. The third-order valence-electron chi connectivity index (χ3n) is 4.29. The number of hydrogen-bond acceptors (Lipinski definition) is 2. The van der Waals surface area contributed by atoms with Gasteiger partial charge in [0.2, 0.25) is 11.8 Å². The molecule has 1 atom stereocenters. The zero-order chi connectivity index (χ0) is 17.5. The molecule has 5 heteroatoms. The molecule has 1 aliphatic heterocycles. The number of hydrogen-bond donors (Lipinski definition) is 1. The molecule has 1 aromatic carbocycles.